The summed E-state index contributed by atoms with van der Waals surface area (Å²) in [6.07, 6.45) is 4.04. The van der Waals surface area contributed by atoms with Crippen LogP contribution in [0.4, 0.5) is 0 Å². The standard InChI is InChI=1S/C13H21ClN2S/c1-16(10-12-4-5-13(14)17-12)8-6-11-3-2-7-15-9-11/h4-5,11,15H,2-3,6-10H2,1H3. The lowest BCUT2D eigenvalue weighted by Crippen LogP contribution is -2.32. The maximum Gasteiger partial charge on any atom is 0.0931 e. The minimum Gasteiger partial charge on any atom is -0.316 e. The summed E-state index contributed by atoms with van der Waals surface area (Å²) < 4.78 is 0.893. The van der Waals surface area contributed by atoms with Gasteiger partial charge in [0.2, 0.25) is 0 Å². The van der Waals surface area contributed by atoms with Crippen LogP contribution in [0.15, 0.2) is 12.1 Å². The van der Waals surface area contributed by atoms with Crippen LogP contribution < -0.4 is 5.32 Å². The second-order valence-electron chi connectivity index (χ2n) is 4.94. The third kappa shape index (κ3) is 4.59. The van der Waals surface area contributed by atoms with Crippen LogP contribution in [-0.4, -0.2) is 31.6 Å². The molecule has 1 N–H and O–H groups in total. The van der Waals surface area contributed by atoms with E-state index in [1.807, 2.05) is 6.07 Å². The number of hydrogen-bond donors (Lipinski definition) is 1. The minimum atomic E-state index is 0.873. The first-order chi connectivity index (χ1) is 8.24. The summed E-state index contributed by atoms with van der Waals surface area (Å²) >= 11 is 7.62. The molecule has 17 heavy (non-hydrogen) atoms. The van der Waals surface area contributed by atoms with Crippen LogP contribution in [-0.2, 0) is 6.54 Å². The fraction of sp³-hybridized carbons (Fsp3) is 0.692. The Kier molecular flexibility index (Phi) is 5.29. The second-order valence-corrected chi connectivity index (χ2v) is 6.74. The normalized spacial score (nSPS) is 21.0. The first-order valence-electron chi connectivity index (χ1n) is 6.37. The molecule has 1 saturated heterocycles. The summed E-state index contributed by atoms with van der Waals surface area (Å²) in [5.74, 6) is 0.873. The molecule has 4 heteroatoms. The molecule has 0 radical (unpaired) electrons. The first-order valence-corrected chi connectivity index (χ1v) is 7.57. The van der Waals surface area contributed by atoms with Crippen LogP contribution in [0.5, 0.6) is 0 Å². The summed E-state index contributed by atoms with van der Waals surface area (Å²) in [7, 11) is 2.20. The number of hydrogen-bond acceptors (Lipinski definition) is 3. The predicted octanol–water partition coefficient (Wildman–Crippen LogP) is 3.22. The third-order valence-electron chi connectivity index (χ3n) is 3.37. The topological polar surface area (TPSA) is 15.3 Å². The van der Waals surface area contributed by atoms with Crippen LogP contribution in [0, 0.1) is 5.92 Å². The van der Waals surface area contributed by atoms with E-state index < -0.39 is 0 Å². The highest BCUT2D eigenvalue weighted by molar-refractivity contribution is 7.16. The van der Waals surface area contributed by atoms with E-state index in [0.29, 0.717) is 0 Å². The summed E-state index contributed by atoms with van der Waals surface area (Å²) in [4.78, 5) is 3.76. The monoisotopic (exact) mass is 272 g/mol. The Morgan fingerprint density at radius 2 is 2.41 bits per heavy atom. The summed E-state index contributed by atoms with van der Waals surface area (Å²) in [6.45, 7) is 4.62. The van der Waals surface area contributed by atoms with Gasteiger partial charge in [-0.15, -0.1) is 11.3 Å². The lowest BCUT2D eigenvalue weighted by atomic mass is 9.96. The molecular formula is C13H21ClN2S. The van der Waals surface area contributed by atoms with Crippen molar-refractivity contribution in [3.63, 3.8) is 0 Å². The van der Waals surface area contributed by atoms with Crippen LogP contribution in [0.1, 0.15) is 24.1 Å². The van der Waals surface area contributed by atoms with Gasteiger partial charge in [-0.1, -0.05) is 11.6 Å². The van der Waals surface area contributed by atoms with Crippen molar-refractivity contribution in [3.8, 4) is 0 Å². The fourth-order valence-corrected chi connectivity index (χ4v) is 3.52. The molecule has 1 aliphatic rings. The van der Waals surface area contributed by atoms with Crippen molar-refractivity contribution < 1.29 is 0 Å². The first kappa shape index (κ1) is 13.3. The zero-order valence-corrected chi connectivity index (χ0v) is 12.0. The van der Waals surface area contributed by atoms with Crippen molar-refractivity contribution in [3.05, 3.63) is 21.3 Å². The molecule has 1 unspecified atom stereocenters. The molecule has 1 fully saturated rings. The van der Waals surface area contributed by atoms with Gasteiger partial charge in [-0.2, -0.15) is 0 Å². The maximum absolute atomic E-state index is 5.93. The van der Waals surface area contributed by atoms with Crippen molar-refractivity contribution in [1.82, 2.24) is 10.2 Å². The van der Waals surface area contributed by atoms with Gasteiger partial charge in [0, 0.05) is 11.4 Å². The Balaban J connectivity index is 1.68. The summed E-state index contributed by atoms with van der Waals surface area (Å²) in [5.41, 5.74) is 0. The Morgan fingerprint density at radius 1 is 1.53 bits per heavy atom. The number of thiophene rings is 1. The Bertz CT molecular complexity index is 334. The fourth-order valence-electron chi connectivity index (χ4n) is 2.36. The van der Waals surface area contributed by atoms with E-state index in [2.05, 4.69) is 23.3 Å². The van der Waals surface area contributed by atoms with E-state index in [1.165, 1.54) is 43.8 Å². The summed E-state index contributed by atoms with van der Waals surface area (Å²) in [6, 6.07) is 4.12. The average molecular weight is 273 g/mol. The Morgan fingerprint density at radius 3 is 3.06 bits per heavy atom. The molecule has 1 aromatic rings. The molecule has 0 amide bonds. The van der Waals surface area contributed by atoms with Crippen LogP contribution in [0.2, 0.25) is 4.34 Å². The highest BCUT2D eigenvalue weighted by Crippen LogP contribution is 2.22. The zero-order valence-electron chi connectivity index (χ0n) is 10.4. The molecule has 1 aromatic heterocycles. The van der Waals surface area contributed by atoms with Crippen molar-refractivity contribution >= 4 is 22.9 Å². The quantitative estimate of drug-likeness (QED) is 0.885. The number of halogens is 1. The summed E-state index contributed by atoms with van der Waals surface area (Å²) in [5, 5.41) is 3.48. The van der Waals surface area contributed by atoms with Gasteiger partial charge in [-0.05, 0) is 64.0 Å². The van der Waals surface area contributed by atoms with Gasteiger partial charge in [0.15, 0.2) is 0 Å². The van der Waals surface area contributed by atoms with Gasteiger partial charge < -0.3 is 10.2 Å². The lowest BCUT2D eigenvalue weighted by Gasteiger charge is -2.25. The highest BCUT2D eigenvalue weighted by atomic mass is 35.5. The van der Waals surface area contributed by atoms with E-state index in [0.717, 1.165) is 16.8 Å². The number of nitrogens with one attached hydrogen (secondary N) is 1. The molecule has 0 spiro atoms. The smallest absolute Gasteiger partial charge is 0.0931 e. The lowest BCUT2D eigenvalue weighted by molar-refractivity contribution is 0.270. The zero-order chi connectivity index (χ0) is 12.1. The van der Waals surface area contributed by atoms with Crippen LogP contribution >= 0.6 is 22.9 Å². The second kappa shape index (κ2) is 6.74. The molecule has 0 aromatic carbocycles. The minimum absolute atomic E-state index is 0.873. The molecule has 96 valence electrons. The van der Waals surface area contributed by atoms with E-state index in [1.54, 1.807) is 11.3 Å². The van der Waals surface area contributed by atoms with E-state index in [4.69, 9.17) is 11.6 Å². The van der Waals surface area contributed by atoms with Gasteiger partial charge in [0.05, 0.1) is 4.34 Å². The van der Waals surface area contributed by atoms with Crippen LogP contribution in [0.25, 0.3) is 0 Å². The van der Waals surface area contributed by atoms with Gasteiger partial charge in [-0.3, -0.25) is 0 Å². The number of piperidine rings is 1. The van der Waals surface area contributed by atoms with Crippen LogP contribution in [0.3, 0.4) is 0 Å². The third-order valence-corrected chi connectivity index (χ3v) is 4.59. The maximum atomic E-state index is 5.93. The van der Waals surface area contributed by atoms with Crippen molar-refractivity contribution in [2.24, 2.45) is 5.92 Å². The molecule has 0 aliphatic carbocycles. The molecular weight excluding hydrogens is 252 g/mol. The van der Waals surface area contributed by atoms with E-state index >= 15 is 0 Å². The molecule has 1 atom stereocenters. The highest BCUT2D eigenvalue weighted by Gasteiger charge is 2.13. The van der Waals surface area contributed by atoms with Crippen molar-refractivity contribution in [2.45, 2.75) is 25.8 Å². The van der Waals surface area contributed by atoms with Crippen molar-refractivity contribution in [1.29, 1.82) is 0 Å². The Hall–Kier alpha value is -0.0900. The average Bonchev–Trinajstić information content (AvgIpc) is 2.73. The van der Waals surface area contributed by atoms with Gasteiger partial charge in [-0.25, -0.2) is 0 Å². The molecule has 2 nitrogen and oxygen atoms in total. The molecule has 0 saturated carbocycles. The van der Waals surface area contributed by atoms with Crippen molar-refractivity contribution in [2.75, 3.05) is 26.7 Å². The largest absolute Gasteiger partial charge is 0.316 e. The SMILES string of the molecule is CN(CCC1CCCNC1)Cc1ccc(Cl)s1. The molecule has 0 bridgehead atoms. The van der Waals surface area contributed by atoms with E-state index in [-0.39, 0.29) is 0 Å². The number of nitrogens with zero attached hydrogens (tertiary/aromatic N) is 1. The van der Waals surface area contributed by atoms with Gasteiger partial charge in [0.1, 0.15) is 0 Å². The molecule has 2 rings (SSSR count). The van der Waals surface area contributed by atoms with Gasteiger partial charge >= 0.3 is 0 Å². The molecule has 1 aliphatic heterocycles. The molecule has 2 heterocycles. The number of rotatable bonds is 5. The van der Waals surface area contributed by atoms with Gasteiger partial charge in [0.25, 0.3) is 0 Å². The Labute approximate surface area is 113 Å². The predicted molar refractivity (Wildman–Crippen MR) is 75.9 cm³/mol. The van der Waals surface area contributed by atoms with E-state index in [9.17, 15) is 0 Å².